The molecule has 2 heteroatoms. The highest BCUT2D eigenvalue weighted by Crippen LogP contribution is 2.30. The van der Waals surface area contributed by atoms with Crippen LogP contribution in [-0.2, 0) is 12.8 Å². The highest BCUT2D eigenvalue weighted by Gasteiger charge is 2.24. The summed E-state index contributed by atoms with van der Waals surface area (Å²) in [6, 6.07) is 9.07. The molecule has 0 spiro atoms. The number of fused-ring (bicyclic) bond motifs is 3. The van der Waals surface area contributed by atoms with E-state index in [1.54, 1.807) is 0 Å². The molecule has 3 rings (SSSR count). The van der Waals surface area contributed by atoms with Gasteiger partial charge in [-0.2, -0.15) is 0 Å². The second-order valence-electron chi connectivity index (χ2n) is 5.00. The van der Waals surface area contributed by atoms with Gasteiger partial charge in [-0.15, -0.1) is 0 Å². The van der Waals surface area contributed by atoms with E-state index in [-0.39, 0.29) is 0 Å². The molecule has 0 radical (unpaired) electrons. The molecule has 1 unspecified atom stereocenters. The Morgan fingerprint density at radius 3 is 3.00 bits per heavy atom. The summed E-state index contributed by atoms with van der Waals surface area (Å²) in [4.78, 5) is 2.46. The smallest absolute Gasteiger partial charge is 0.134 e. The summed E-state index contributed by atoms with van der Waals surface area (Å²) in [6.07, 6.45) is 3.37. The maximum atomic E-state index is 5.98. The van der Waals surface area contributed by atoms with Crippen LogP contribution in [0.4, 0.5) is 0 Å². The molecule has 0 amide bonds. The van der Waals surface area contributed by atoms with Crippen molar-refractivity contribution in [1.82, 2.24) is 4.90 Å². The van der Waals surface area contributed by atoms with Gasteiger partial charge in [0.05, 0.1) is 0 Å². The van der Waals surface area contributed by atoms with Gasteiger partial charge >= 0.3 is 0 Å². The second-order valence-corrected chi connectivity index (χ2v) is 5.00. The van der Waals surface area contributed by atoms with Crippen molar-refractivity contribution in [3.63, 3.8) is 0 Å². The van der Waals surface area contributed by atoms with Crippen molar-refractivity contribution < 1.29 is 4.42 Å². The number of hydrogen-bond donors (Lipinski definition) is 0. The van der Waals surface area contributed by atoms with E-state index in [9.17, 15) is 0 Å². The van der Waals surface area contributed by atoms with Crippen LogP contribution in [0.3, 0.4) is 0 Å². The molecular weight excluding hydrogens is 210 g/mol. The van der Waals surface area contributed by atoms with E-state index in [2.05, 4.69) is 43.1 Å². The number of likely N-dealkylation sites (N-methyl/N-ethyl adjacent to an activating group) is 1. The molecular formula is C15H19NO. The van der Waals surface area contributed by atoms with E-state index in [1.165, 1.54) is 23.1 Å². The van der Waals surface area contributed by atoms with Gasteiger partial charge < -0.3 is 9.32 Å². The predicted octanol–water partition coefficient (Wildman–Crippen LogP) is 3.24. The highest BCUT2D eigenvalue weighted by molar-refractivity contribution is 5.82. The molecule has 17 heavy (non-hydrogen) atoms. The lowest BCUT2D eigenvalue weighted by Crippen LogP contribution is -2.32. The zero-order chi connectivity index (χ0) is 11.8. The van der Waals surface area contributed by atoms with Crippen LogP contribution in [0.1, 0.15) is 24.7 Å². The van der Waals surface area contributed by atoms with Crippen molar-refractivity contribution in [3.05, 3.63) is 35.6 Å². The Balaban J connectivity index is 2.10. The monoisotopic (exact) mass is 229 g/mol. The van der Waals surface area contributed by atoms with Crippen LogP contribution in [0.15, 0.2) is 28.7 Å². The Morgan fingerprint density at radius 1 is 1.35 bits per heavy atom. The van der Waals surface area contributed by atoms with Crippen LogP contribution in [0.25, 0.3) is 11.0 Å². The fourth-order valence-corrected chi connectivity index (χ4v) is 2.88. The first-order valence-corrected chi connectivity index (χ1v) is 6.49. The fraction of sp³-hybridized carbons (Fsp3) is 0.467. The molecule has 2 nitrogen and oxygen atoms in total. The number of para-hydroxylation sites is 1. The zero-order valence-corrected chi connectivity index (χ0v) is 10.6. The van der Waals surface area contributed by atoms with Crippen molar-refractivity contribution in [1.29, 1.82) is 0 Å². The van der Waals surface area contributed by atoms with Gasteiger partial charge in [0, 0.05) is 30.0 Å². The van der Waals surface area contributed by atoms with Gasteiger partial charge in [0.25, 0.3) is 0 Å². The second kappa shape index (κ2) is 4.19. The summed E-state index contributed by atoms with van der Waals surface area (Å²) in [5.41, 5.74) is 2.49. The van der Waals surface area contributed by atoms with E-state index < -0.39 is 0 Å². The van der Waals surface area contributed by atoms with Crippen molar-refractivity contribution in [2.24, 2.45) is 0 Å². The molecule has 1 aliphatic rings. The van der Waals surface area contributed by atoms with Crippen LogP contribution in [0.5, 0.6) is 0 Å². The molecule has 0 fully saturated rings. The SMILES string of the molecule is CCC1Cc2c(oc3ccccc23)CCN1C. The van der Waals surface area contributed by atoms with Gasteiger partial charge in [-0.05, 0) is 26.0 Å². The molecule has 0 aliphatic carbocycles. The summed E-state index contributed by atoms with van der Waals surface area (Å²) in [5, 5.41) is 1.32. The molecule has 90 valence electrons. The molecule has 2 heterocycles. The largest absolute Gasteiger partial charge is 0.461 e. The van der Waals surface area contributed by atoms with E-state index in [1.807, 2.05) is 0 Å². The Kier molecular flexibility index (Phi) is 2.67. The first-order chi connectivity index (χ1) is 8.29. The molecule has 1 aromatic heterocycles. The first kappa shape index (κ1) is 10.8. The molecule has 0 bridgehead atoms. The van der Waals surface area contributed by atoms with Crippen LogP contribution >= 0.6 is 0 Å². The van der Waals surface area contributed by atoms with Gasteiger partial charge in [0.2, 0.25) is 0 Å². The molecule has 0 saturated carbocycles. The fourth-order valence-electron chi connectivity index (χ4n) is 2.88. The molecule has 0 N–H and O–H groups in total. The van der Waals surface area contributed by atoms with Crippen LogP contribution in [-0.4, -0.2) is 24.5 Å². The third kappa shape index (κ3) is 1.77. The summed E-state index contributed by atoms with van der Waals surface area (Å²) in [7, 11) is 2.22. The normalized spacial score (nSPS) is 21.4. The van der Waals surface area contributed by atoms with E-state index >= 15 is 0 Å². The van der Waals surface area contributed by atoms with Crippen molar-refractivity contribution in [2.45, 2.75) is 32.2 Å². The maximum absolute atomic E-state index is 5.98. The third-order valence-corrected chi connectivity index (χ3v) is 4.01. The lowest BCUT2D eigenvalue weighted by atomic mass is 10.0. The van der Waals surface area contributed by atoms with Crippen LogP contribution in [0, 0.1) is 0 Å². The highest BCUT2D eigenvalue weighted by atomic mass is 16.3. The molecule has 2 aromatic rings. The Hall–Kier alpha value is -1.28. The van der Waals surface area contributed by atoms with Gasteiger partial charge in [0.15, 0.2) is 0 Å². The molecule has 1 aromatic carbocycles. The minimum Gasteiger partial charge on any atom is -0.461 e. The van der Waals surface area contributed by atoms with Crippen LogP contribution < -0.4 is 0 Å². The van der Waals surface area contributed by atoms with E-state index in [0.717, 1.165) is 25.0 Å². The van der Waals surface area contributed by atoms with Crippen LogP contribution in [0.2, 0.25) is 0 Å². The summed E-state index contributed by atoms with van der Waals surface area (Å²) >= 11 is 0. The lowest BCUT2D eigenvalue weighted by Gasteiger charge is -2.24. The minimum atomic E-state index is 0.650. The number of furan rings is 1. The third-order valence-electron chi connectivity index (χ3n) is 4.01. The standard InChI is InChI=1S/C15H19NO/c1-3-11-10-13-12-6-4-5-7-14(12)17-15(13)8-9-16(11)2/h4-7,11H,3,8-10H2,1-2H3. The quantitative estimate of drug-likeness (QED) is 0.746. The first-order valence-electron chi connectivity index (χ1n) is 6.49. The Bertz CT molecular complexity index is 529. The molecule has 1 atom stereocenters. The van der Waals surface area contributed by atoms with Gasteiger partial charge in [-0.3, -0.25) is 0 Å². The number of hydrogen-bond acceptors (Lipinski definition) is 2. The summed E-state index contributed by atoms with van der Waals surface area (Å²) in [5.74, 6) is 1.20. The molecule has 1 aliphatic heterocycles. The minimum absolute atomic E-state index is 0.650. The van der Waals surface area contributed by atoms with Gasteiger partial charge in [-0.1, -0.05) is 25.1 Å². The number of rotatable bonds is 1. The Labute approximate surface area is 102 Å². The van der Waals surface area contributed by atoms with Gasteiger partial charge in [0.1, 0.15) is 11.3 Å². The van der Waals surface area contributed by atoms with Crippen molar-refractivity contribution in [2.75, 3.05) is 13.6 Å². The van der Waals surface area contributed by atoms with Crippen molar-refractivity contribution in [3.8, 4) is 0 Å². The Morgan fingerprint density at radius 2 is 2.18 bits per heavy atom. The lowest BCUT2D eigenvalue weighted by molar-refractivity contribution is 0.243. The average Bonchev–Trinajstić information content (AvgIpc) is 2.62. The van der Waals surface area contributed by atoms with E-state index in [0.29, 0.717) is 6.04 Å². The van der Waals surface area contributed by atoms with Crippen molar-refractivity contribution >= 4 is 11.0 Å². The predicted molar refractivity (Wildman–Crippen MR) is 70.3 cm³/mol. The van der Waals surface area contributed by atoms with Gasteiger partial charge in [-0.25, -0.2) is 0 Å². The summed E-state index contributed by atoms with van der Waals surface area (Å²) in [6.45, 7) is 3.37. The van der Waals surface area contributed by atoms with E-state index in [4.69, 9.17) is 4.42 Å². The zero-order valence-electron chi connectivity index (χ0n) is 10.6. The average molecular weight is 229 g/mol. The number of nitrogens with zero attached hydrogens (tertiary/aromatic N) is 1. The topological polar surface area (TPSA) is 16.4 Å². The summed E-state index contributed by atoms with van der Waals surface area (Å²) < 4.78 is 5.98. The maximum Gasteiger partial charge on any atom is 0.134 e. The molecule has 0 saturated heterocycles. The number of benzene rings is 1.